The molecule has 3 N–H and O–H groups in total. The molecule has 43 heavy (non-hydrogen) atoms. The van der Waals surface area contributed by atoms with Crippen LogP contribution in [0, 0.1) is 0 Å². The zero-order valence-corrected chi connectivity index (χ0v) is 23.3. The van der Waals surface area contributed by atoms with Crippen molar-refractivity contribution < 1.29 is 32.2 Å². The summed E-state index contributed by atoms with van der Waals surface area (Å²) in [6.07, 6.45) is -0.341. The number of likely N-dealkylation sites (tertiary alicyclic amines) is 1. The number of hydrogen-bond acceptors (Lipinski definition) is 8. The van der Waals surface area contributed by atoms with Crippen molar-refractivity contribution in [2.24, 2.45) is 0 Å². The van der Waals surface area contributed by atoms with Gasteiger partial charge in [-0.3, -0.25) is 9.59 Å². The first-order chi connectivity index (χ1) is 20.7. The Balaban J connectivity index is 1.36. The first-order valence-electron chi connectivity index (χ1n) is 13.6. The maximum atomic E-state index is 13.0. The number of aromatic nitrogens is 4. The highest BCUT2D eigenvalue weighted by Crippen LogP contribution is 2.34. The maximum Gasteiger partial charge on any atom is 0.416 e. The third-order valence-electron chi connectivity index (χ3n) is 7.17. The van der Waals surface area contributed by atoms with Crippen LogP contribution in [-0.2, 0) is 20.4 Å². The average Bonchev–Trinajstić information content (AvgIpc) is 3.40. The minimum Gasteiger partial charge on any atom is -0.382 e. The minimum atomic E-state index is -4.56. The standard InChI is InChI=1S/C29H30F3N7O4/c1-42-13-14-43-17-24(40)38-12-2-3-19(16-38)25-22-9-11-35-27(33)26(22)39(37-25)21-6-4-18(5-7-21)28(41)36-23-15-20(8-10-34-23)29(30,31)32/h4-11,15,19H,2-3,12-14,16-17H2,1H3,(H2,33,35)(H,34,36,41)/t19-/m1/s1. The maximum absolute atomic E-state index is 13.0. The van der Waals surface area contributed by atoms with Gasteiger partial charge in [-0.15, -0.1) is 0 Å². The van der Waals surface area contributed by atoms with Crippen LogP contribution in [0.15, 0.2) is 54.9 Å². The van der Waals surface area contributed by atoms with Crippen molar-refractivity contribution >= 4 is 34.4 Å². The Bertz CT molecular complexity index is 1610. The third kappa shape index (κ3) is 6.75. The van der Waals surface area contributed by atoms with E-state index in [1.54, 1.807) is 35.0 Å². The number of carbonyl (C=O) groups is 2. The summed E-state index contributed by atoms with van der Waals surface area (Å²) < 4.78 is 51.1. The Morgan fingerprint density at radius 3 is 2.60 bits per heavy atom. The predicted molar refractivity (Wildman–Crippen MR) is 152 cm³/mol. The molecule has 1 saturated heterocycles. The van der Waals surface area contributed by atoms with Crippen LogP contribution in [0.25, 0.3) is 16.6 Å². The van der Waals surface area contributed by atoms with Gasteiger partial charge in [-0.25, -0.2) is 14.6 Å². The van der Waals surface area contributed by atoms with Crippen molar-refractivity contribution in [2.75, 3.05) is 51.1 Å². The van der Waals surface area contributed by atoms with Gasteiger partial charge in [0.25, 0.3) is 5.91 Å². The molecule has 1 fully saturated rings. The summed E-state index contributed by atoms with van der Waals surface area (Å²) in [4.78, 5) is 35.3. The van der Waals surface area contributed by atoms with Crippen molar-refractivity contribution in [3.05, 3.63) is 71.7 Å². The normalized spacial score (nSPS) is 15.5. The van der Waals surface area contributed by atoms with Gasteiger partial charge in [-0.2, -0.15) is 18.3 Å². The number of ether oxygens (including phenoxy) is 2. The third-order valence-corrected chi connectivity index (χ3v) is 7.17. The Hall–Kier alpha value is -4.56. The second-order valence-electron chi connectivity index (χ2n) is 10.0. The average molecular weight is 598 g/mol. The van der Waals surface area contributed by atoms with E-state index in [2.05, 4.69) is 15.3 Å². The number of rotatable bonds is 9. The highest BCUT2D eigenvalue weighted by molar-refractivity contribution is 6.04. The number of piperidine rings is 1. The summed E-state index contributed by atoms with van der Waals surface area (Å²) >= 11 is 0. The Labute approximate surface area is 244 Å². The molecular formula is C29H30F3N7O4. The molecule has 5 rings (SSSR count). The molecular weight excluding hydrogens is 567 g/mol. The monoisotopic (exact) mass is 597 g/mol. The van der Waals surface area contributed by atoms with Gasteiger partial charge < -0.3 is 25.4 Å². The summed E-state index contributed by atoms with van der Waals surface area (Å²) in [5, 5.41) is 8.10. The number of fused-ring (bicyclic) bond motifs is 1. The zero-order chi connectivity index (χ0) is 30.6. The fraction of sp³-hybridized carbons (Fsp3) is 0.345. The van der Waals surface area contributed by atoms with Crippen LogP contribution in [0.3, 0.4) is 0 Å². The Kier molecular flexibility index (Phi) is 8.87. The summed E-state index contributed by atoms with van der Waals surface area (Å²) in [7, 11) is 1.57. The molecule has 0 bridgehead atoms. The van der Waals surface area contributed by atoms with Crippen LogP contribution in [-0.4, -0.2) is 76.5 Å². The first-order valence-corrected chi connectivity index (χ1v) is 13.6. The number of nitrogens with one attached hydrogen (secondary N) is 1. The summed E-state index contributed by atoms with van der Waals surface area (Å²) in [6.45, 7) is 1.83. The molecule has 4 heterocycles. The first kappa shape index (κ1) is 29.9. The topological polar surface area (TPSA) is 137 Å². The number of alkyl halides is 3. The van der Waals surface area contributed by atoms with Gasteiger partial charge in [0, 0.05) is 49.5 Å². The van der Waals surface area contributed by atoms with E-state index in [4.69, 9.17) is 20.3 Å². The Morgan fingerprint density at radius 2 is 1.86 bits per heavy atom. The van der Waals surface area contributed by atoms with E-state index in [9.17, 15) is 22.8 Å². The molecule has 1 atom stereocenters. The lowest BCUT2D eigenvalue weighted by molar-refractivity contribution is -0.138. The highest BCUT2D eigenvalue weighted by Gasteiger charge is 2.31. The number of amides is 2. The second-order valence-corrected chi connectivity index (χ2v) is 10.0. The van der Waals surface area contributed by atoms with Gasteiger partial charge in [-0.1, -0.05) is 0 Å². The van der Waals surface area contributed by atoms with Crippen LogP contribution in [0.4, 0.5) is 24.8 Å². The lowest BCUT2D eigenvalue weighted by Gasteiger charge is -2.32. The van der Waals surface area contributed by atoms with E-state index in [1.165, 1.54) is 12.1 Å². The SMILES string of the molecule is COCCOCC(=O)N1CCC[C@@H](c2nn(-c3ccc(C(=O)Nc4cc(C(F)(F)F)ccn4)cc3)c3c(N)nccc23)C1. The number of benzene rings is 1. The van der Waals surface area contributed by atoms with Gasteiger partial charge in [0.1, 0.15) is 23.8 Å². The van der Waals surface area contributed by atoms with E-state index < -0.39 is 17.6 Å². The quantitative estimate of drug-likeness (QED) is 0.276. The smallest absolute Gasteiger partial charge is 0.382 e. The molecule has 14 heteroatoms. The van der Waals surface area contributed by atoms with Crippen molar-refractivity contribution in [1.82, 2.24) is 24.6 Å². The van der Waals surface area contributed by atoms with E-state index >= 15 is 0 Å². The van der Waals surface area contributed by atoms with Gasteiger partial charge in [0.05, 0.1) is 30.2 Å². The van der Waals surface area contributed by atoms with Crippen molar-refractivity contribution in [3.63, 3.8) is 0 Å². The van der Waals surface area contributed by atoms with E-state index in [1.807, 2.05) is 6.07 Å². The molecule has 1 aromatic carbocycles. The number of methoxy groups -OCH3 is 1. The molecule has 4 aromatic rings. The van der Waals surface area contributed by atoms with Crippen LogP contribution in [0.1, 0.15) is 40.4 Å². The molecule has 1 aliphatic heterocycles. The van der Waals surface area contributed by atoms with Gasteiger partial charge in [0.2, 0.25) is 5.91 Å². The highest BCUT2D eigenvalue weighted by atomic mass is 19.4. The fourth-order valence-corrected chi connectivity index (χ4v) is 5.04. The molecule has 0 radical (unpaired) electrons. The van der Waals surface area contributed by atoms with Crippen LogP contribution >= 0.6 is 0 Å². The molecule has 0 aliphatic carbocycles. The predicted octanol–water partition coefficient (Wildman–Crippen LogP) is 4.04. The molecule has 0 unspecified atom stereocenters. The fourth-order valence-electron chi connectivity index (χ4n) is 5.04. The second kappa shape index (κ2) is 12.8. The largest absolute Gasteiger partial charge is 0.416 e. The number of nitrogen functional groups attached to an aromatic ring is 1. The van der Waals surface area contributed by atoms with Gasteiger partial charge in [-0.05, 0) is 55.3 Å². The number of carbonyl (C=O) groups excluding carboxylic acids is 2. The van der Waals surface area contributed by atoms with Crippen molar-refractivity contribution in [1.29, 1.82) is 0 Å². The number of halogens is 3. The molecule has 2 amide bonds. The number of nitrogens with two attached hydrogens (primary N) is 1. The molecule has 226 valence electrons. The molecule has 3 aromatic heterocycles. The van der Waals surface area contributed by atoms with Crippen LogP contribution in [0.2, 0.25) is 0 Å². The minimum absolute atomic E-state index is 0.0219. The number of hydrogen-bond donors (Lipinski definition) is 2. The van der Waals surface area contributed by atoms with Gasteiger partial charge in [0.15, 0.2) is 0 Å². The van der Waals surface area contributed by atoms with Crippen molar-refractivity contribution in [2.45, 2.75) is 24.9 Å². The Morgan fingerprint density at radius 1 is 1.09 bits per heavy atom. The lowest BCUT2D eigenvalue weighted by Crippen LogP contribution is -2.41. The van der Waals surface area contributed by atoms with Crippen LogP contribution in [0.5, 0.6) is 0 Å². The molecule has 0 spiro atoms. The summed E-state index contributed by atoms with van der Waals surface area (Å²) in [6, 6.07) is 9.81. The lowest BCUT2D eigenvalue weighted by atomic mass is 9.93. The number of anilines is 2. The molecule has 11 nitrogen and oxygen atoms in total. The molecule has 0 saturated carbocycles. The van der Waals surface area contributed by atoms with Gasteiger partial charge >= 0.3 is 6.18 Å². The van der Waals surface area contributed by atoms with Crippen molar-refractivity contribution in [3.8, 4) is 5.69 Å². The summed E-state index contributed by atoms with van der Waals surface area (Å²) in [5.74, 6) is -0.716. The molecule has 1 aliphatic rings. The number of nitrogens with zero attached hydrogens (tertiary/aromatic N) is 5. The van der Waals surface area contributed by atoms with E-state index in [0.29, 0.717) is 37.5 Å². The van der Waals surface area contributed by atoms with Crippen LogP contribution < -0.4 is 11.1 Å². The zero-order valence-electron chi connectivity index (χ0n) is 23.3. The van der Waals surface area contributed by atoms with E-state index in [0.717, 1.165) is 42.3 Å². The van der Waals surface area contributed by atoms with E-state index in [-0.39, 0.29) is 35.6 Å². The number of pyridine rings is 2. The summed E-state index contributed by atoms with van der Waals surface area (Å²) in [5.41, 5.74) is 7.54.